The van der Waals surface area contributed by atoms with E-state index in [-0.39, 0.29) is 16.6 Å². The molecule has 0 radical (unpaired) electrons. The molecule has 22 heavy (non-hydrogen) atoms. The molecule has 1 aromatic rings. The van der Waals surface area contributed by atoms with E-state index in [4.69, 9.17) is 11.6 Å². The Bertz CT molecular complexity index is 712. The first-order chi connectivity index (χ1) is 10.5. The number of hydrogen-bond acceptors (Lipinski definition) is 2. The monoisotopic (exact) mass is 316 g/mol. The number of fused-ring (bicyclic) bond motifs is 3. The van der Waals surface area contributed by atoms with Gasteiger partial charge in [0, 0.05) is 11.8 Å². The molecule has 0 bridgehead atoms. The Morgan fingerprint density at radius 1 is 1.32 bits per heavy atom. The van der Waals surface area contributed by atoms with Crippen LogP contribution in [0.15, 0.2) is 12.1 Å². The van der Waals surface area contributed by atoms with Gasteiger partial charge in [-0.15, -0.1) is 0 Å². The third-order valence-corrected chi connectivity index (χ3v) is 7.97. The predicted octanol–water partition coefficient (Wildman–Crippen LogP) is 4.47. The SMILES string of the molecule is C[C@]12CC[C@@H]3c4cc(Cl)c(O)cc4CC[C@H]3[C@@]13C[C@H]3CC2=O. The number of Topliss-reactive ketones (excluding diaryl/α,β-unsaturated/α-hetero) is 1. The fourth-order valence-corrected chi connectivity index (χ4v) is 6.72. The van der Waals surface area contributed by atoms with Crippen LogP contribution in [0.1, 0.15) is 56.1 Å². The molecular weight excluding hydrogens is 296 g/mol. The third kappa shape index (κ3) is 1.33. The maximum absolute atomic E-state index is 12.5. The summed E-state index contributed by atoms with van der Waals surface area (Å²) in [4.78, 5) is 12.5. The number of carbonyl (C=O) groups excluding carboxylic acids is 1. The summed E-state index contributed by atoms with van der Waals surface area (Å²) in [6.07, 6.45) is 6.38. The van der Waals surface area contributed by atoms with E-state index in [2.05, 4.69) is 6.92 Å². The van der Waals surface area contributed by atoms with E-state index in [1.807, 2.05) is 12.1 Å². The number of hydrogen-bond donors (Lipinski definition) is 1. The summed E-state index contributed by atoms with van der Waals surface area (Å²) < 4.78 is 0. The lowest BCUT2D eigenvalue weighted by Crippen LogP contribution is -2.46. The summed E-state index contributed by atoms with van der Waals surface area (Å²) >= 11 is 6.18. The number of phenolic OH excluding ortho intramolecular Hbond substituents is 1. The second kappa shape index (κ2) is 3.90. The maximum Gasteiger partial charge on any atom is 0.139 e. The number of carbonyl (C=O) groups is 1. The van der Waals surface area contributed by atoms with Crippen LogP contribution in [0.4, 0.5) is 0 Å². The van der Waals surface area contributed by atoms with Gasteiger partial charge in [-0.25, -0.2) is 0 Å². The molecule has 0 saturated heterocycles. The second-order valence-electron chi connectivity index (χ2n) is 8.19. The molecule has 3 heteroatoms. The summed E-state index contributed by atoms with van der Waals surface area (Å²) in [5, 5.41) is 10.4. The van der Waals surface area contributed by atoms with Gasteiger partial charge in [-0.05, 0) is 78.5 Å². The summed E-state index contributed by atoms with van der Waals surface area (Å²) in [6, 6.07) is 3.86. The highest BCUT2D eigenvalue weighted by molar-refractivity contribution is 6.32. The molecule has 0 heterocycles. The van der Waals surface area contributed by atoms with Crippen LogP contribution >= 0.6 is 11.6 Å². The largest absolute Gasteiger partial charge is 0.506 e. The Hall–Kier alpha value is -1.02. The van der Waals surface area contributed by atoms with Gasteiger partial charge >= 0.3 is 0 Å². The van der Waals surface area contributed by atoms with Gasteiger partial charge in [0.1, 0.15) is 11.5 Å². The van der Waals surface area contributed by atoms with Gasteiger partial charge in [0.05, 0.1) is 5.02 Å². The third-order valence-electron chi connectivity index (χ3n) is 7.66. The van der Waals surface area contributed by atoms with Crippen molar-refractivity contribution in [3.63, 3.8) is 0 Å². The average Bonchev–Trinajstić information content (AvgIpc) is 3.14. The van der Waals surface area contributed by atoms with E-state index < -0.39 is 0 Å². The molecule has 4 aliphatic rings. The van der Waals surface area contributed by atoms with Crippen LogP contribution in [0.5, 0.6) is 5.75 Å². The normalized spacial score (nSPS) is 44.8. The Balaban J connectivity index is 1.62. The standard InChI is InChI=1S/C19H21ClO2/c1-18-5-4-12-13-8-15(20)16(21)6-10(13)2-3-14(12)19(18)9-11(19)7-17(18)22/h6,8,11-12,14,21H,2-5,7,9H2,1H3/t11-,12-,14-,18-,19+/m1/s1. The Morgan fingerprint density at radius 2 is 2.14 bits per heavy atom. The van der Waals surface area contributed by atoms with Crippen molar-refractivity contribution in [2.24, 2.45) is 22.7 Å². The van der Waals surface area contributed by atoms with Crippen molar-refractivity contribution < 1.29 is 9.90 Å². The van der Waals surface area contributed by atoms with Crippen LogP contribution in [-0.2, 0) is 11.2 Å². The molecule has 1 spiro atoms. The van der Waals surface area contributed by atoms with Gasteiger partial charge in [0.15, 0.2) is 0 Å². The molecule has 2 nitrogen and oxygen atoms in total. The molecule has 1 aromatic carbocycles. The van der Waals surface area contributed by atoms with Crippen LogP contribution in [0.3, 0.4) is 0 Å². The van der Waals surface area contributed by atoms with E-state index in [1.54, 1.807) is 0 Å². The summed E-state index contributed by atoms with van der Waals surface area (Å²) in [6.45, 7) is 2.25. The molecule has 5 rings (SSSR count). The van der Waals surface area contributed by atoms with Crippen molar-refractivity contribution in [2.75, 3.05) is 0 Å². The van der Waals surface area contributed by atoms with Crippen molar-refractivity contribution in [1.82, 2.24) is 0 Å². The van der Waals surface area contributed by atoms with Gasteiger partial charge in [0.2, 0.25) is 0 Å². The minimum atomic E-state index is -0.0585. The van der Waals surface area contributed by atoms with Crippen LogP contribution in [-0.4, -0.2) is 10.9 Å². The van der Waals surface area contributed by atoms with Gasteiger partial charge in [0.25, 0.3) is 0 Å². The number of halogens is 1. The summed E-state index contributed by atoms with van der Waals surface area (Å²) in [5.41, 5.74) is 2.84. The highest BCUT2D eigenvalue weighted by atomic mass is 35.5. The van der Waals surface area contributed by atoms with Crippen molar-refractivity contribution in [3.8, 4) is 5.75 Å². The van der Waals surface area contributed by atoms with Crippen LogP contribution < -0.4 is 0 Å². The second-order valence-corrected chi connectivity index (χ2v) is 8.60. The summed E-state index contributed by atoms with van der Waals surface area (Å²) in [5.74, 6) is 2.54. The van der Waals surface area contributed by atoms with E-state index in [0.29, 0.717) is 28.6 Å². The van der Waals surface area contributed by atoms with Crippen LogP contribution in [0, 0.1) is 22.7 Å². The minimum absolute atomic E-state index is 0.0585. The van der Waals surface area contributed by atoms with Crippen molar-refractivity contribution in [2.45, 2.75) is 51.4 Å². The zero-order valence-corrected chi connectivity index (χ0v) is 13.6. The molecule has 116 valence electrons. The zero-order valence-electron chi connectivity index (χ0n) is 12.9. The molecule has 0 amide bonds. The fourth-order valence-electron chi connectivity index (χ4n) is 6.55. The Kier molecular flexibility index (Phi) is 2.38. The topological polar surface area (TPSA) is 37.3 Å². The van der Waals surface area contributed by atoms with Gasteiger partial charge in [-0.2, -0.15) is 0 Å². The zero-order chi connectivity index (χ0) is 15.3. The maximum atomic E-state index is 12.5. The smallest absolute Gasteiger partial charge is 0.139 e. The molecule has 1 N–H and O–H groups in total. The average molecular weight is 317 g/mol. The quantitative estimate of drug-likeness (QED) is 0.766. The van der Waals surface area contributed by atoms with Crippen molar-refractivity contribution in [3.05, 3.63) is 28.3 Å². The molecule has 0 unspecified atom stereocenters. The first kappa shape index (κ1) is 13.4. The van der Waals surface area contributed by atoms with E-state index in [9.17, 15) is 9.90 Å². The minimum Gasteiger partial charge on any atom is -0.506 e. The first-order valence-corrected chi connectivity index (χ1v) is 8.90. The number of benzene rings is 1. The predicted molar refractivity (Wildman–Crippen MR) is 85.2 cm³/mol. The lowest BCUT2D eigenvalue weighted by molar-refractivity contribution is -0.132. The molecule has 3 saturated carbocycles. The Labute approximate surface area is 135 Å². The number of rotatable bonds is 0. The number of ketones is 1. The first-order valence-electron chi connectivity index (χ1n) is 8.52. The van der Waals surface area contributed by atoms with Gasteiger partial charge in [-0.1, -0.05) is 18.5 Å². The molecule has 4 aliphatic carbocycles. The van der Waals surface area contributed by atoms with Gasteiger partial charge in [-0.3, -0.25) is 4.79 Å². The van der Waals surface area contributed by atoms with E-state index >= 15 is 0 Å². The van der Waals surface area contributed by atoms with Crippen LogP contribution in [0.2, 0.25) is 5.02 Å². The van der Waals surface area contributed by atoms with E-state index in [1.165, 1.54) is 17.5 Å². The van der Waals surface area contributed by atoms with Crippen molar-refractivity contribution in [1.29, 1.82) is 0 Å². The van der Waals surface area contributed by atoms with Gasteiger partial charge < -0.3 is 5.11 Å². The molecule has 0 aliphatic heterocycles. The molecule has 5 atom stereocenters. The van der Waals surface area contributed by atoms with Crippen LogP contribution in [0.25, 0.3) is 0 Å². The number of phenols is 1. The van der Waals surface area contributed by atoms with Crippen molar-refractivity contribution >= 4 is 17.4 Å². The van der Waals surface area contributed by atoms with E-state index in [0.717, 1.165) is 32.1 Å². The number of aryl methyl sites for hydroxylation is 1. The summed E-state index contributed by atoms with van der Waals surface area (Å²) in [7, 11) is 0. The fraction of sp³-hybridized carbons (Fsp3) is 0.632. The lowest BCUT2D eigenvalue weighted by atomic mass is 9.52. The molecular formula is C19H21ClO2. The molecule has 3 fully saturated rings. The number of aromatic hydroxyl groups is 1. The highest BCUT2D eigenvalue weighted by Crippen LogP contribution is 2.80. The molecule has 0 aromatic heterocycles. The Morgan fingerprint density at radius 3 is 2.95 bits per heavy atom. The lowest BCUT2D eigenvalue weighted by Gasteiger charge is -2.50. The highest BCUT2D eigenvalue weighted by Gasteiger charge is 2.76.